The van der Waals surface area contributed by atoms with E-state index in [1.807, 2.05) is 24.3 Å². The first-order chi connectivity index (χ1) is 15.5. The number of carbonyl (C=O) groups excluding carboxylic acids is 1. The zero-order valence-corrected chi connectivity index (χ0v) is 19.8. The van der Waals surface area contributed by atoms with Crippen molar-refractivity contribution in [2.75, 3.05) is 41.3 Å². The average Bonchev–Trinajstić information content (AvgIpc) is 3.31. The second kappa shape index (κ2) is 11.0. The van der Waals surface area contributed by atoms with E-state index >= 15 is 0 Å². The molecule has 2 aromatic rings. The van der Waals surface area contributed by atoms with Crippen molar-refractivity contribution in [2.24, 2.45) is 4.99 Å². The standard InChI is InChI=1S/C26H36N4O2/c1-27-25(28-16-13-20-9-7-10-21(17-20)24(31)30(2)3)29-19-26(14-5-6-15-26)22-11-8-12-23(18-22)32-4/h7-12,17-18H,5-6,13-16,19H2,1-4H3,(H2,27,28,29). The minimum atomic E-state index is 0.0247. The molecule has 2 N–H and O–H groups in total. The van der Waals surface area contributed by atoms with E-state index < -0.39 is 0 Å². The summed E-state index contributed by atoms with van der Waals surface area (Å²) in [4.78, 5) is 18.2. The van der Waals surface area contributed by atoms with Crippen LogP contribution in [0.15, 0.2) is 53.5 Å². The number of hydrogen-bond acceptors (Lipinski definition) is 3. The smallest absolute Gasteiger partial charge is 0.253 e. The molecule has 32 heavy (non-hydrogen) atoms. The van der Waals surface area contributed by atoms with E-state index in [9.17, 15) is 4.79 Å². The lowest BCUT2D eigenvalue weighted by Crippen LogP contribution is -2.45. The molecule has 172 valence electrons. The quantitative estimate of drug-likeness (QED) is 0.490. The molecular weight excluding hydrogens is 400 g/mol. The van der Waals surface area contributed by atoms with E-state index in [1.54, 1.807) is 33.2 Å². The van der Waals surface area contributed by atoms with Gasteiger partial charge in [-0.15, -0.1) is 0 Å². The molecule has 0 saturated heterocycles. The molecule has 3 rings (SSSR count). The third-order valence-corrected chi connectivity index (χ3v) is 6.35. The van der Waals surface area contributed by atoms with E-state index in [4.69, 9.17) is 4.74 Å². The van der Waals surface area contributed by atoms with Crippen molar-refractivity contribution in [1.82, 2.24) is 15.5 Å². The van der Waals surface area contributed by atoms with Crippen LogP contribution < -0.4 is 15.4 Å². The number of methoxy groups -OCH3 is 1. The summed E-state index contributed by atoms with van der Waals surface area (Å²) in [5, 5.41) is 6.98. The van der Waals surface area contributed by atoms with Gasteiger partial charge in [0.15, 0.2) is 5.96 Å². The fraction of sp³-hybridized carbons (Fsp3) is 0.462. The maximum Gasteiger partial charge on any atom is 0.253 e. The number of guanidine groups is 1. The Hall–Kier alpha value is -3.02. The first-order valence-corrected chi connectivity index (χ1v) is 11.4. The van der Waals surface area contributed by atoms with E-state index in [2.05, 4.69) is 39.9 Å². The van der Waals surface area contributed by atoms with Gasteiger partial charge in [0.2, 0.25) is 0 Å². The molecule has 1 aliphatic rings. The minimum Gasteiger partial charge on any atom is -0.497 e. The van der Waals surface area contributed by atoms with Gasteiger partial charge in [0.1, 0.15) is 5.75 Å². The lowest BCUT2D eigenvalue weighted by molar-refractivity contribution is 0.0827. The van der Waals surface area contributed by atoms with Crippen LogP contribution in [0.1, 0.15) is 47.2 Å². The van der Waals surface area contributed by atoms with Crippen molar-refractivity contribution in [1.29, 1.82) is 0 Å². The maximum atomic E-state index is 12.2. The Morgan fingerprint density at radius 2 is 1.84 bits per heavy atom. The second-order valence-corrected chi connectivity index (χ2v) is 8.72. The number of aliphatic imine (C=N–C) groups is 1. The molecule has 1 saturated carbocycles. The number of nitrogens with zero attached hydrogens (tertiary/aromatic N) is 2. The highest BCUT2D eigenvalue weighted by Gasteiger charge is 2.36. The molecule has 2 aromatic carbocycles. The van der Waals surface area contributed by atoms with Crippen LogP contribution in [0.25, 0.3) is 0 Å². The number of nitrogens with one attached hydrogen (secondary N) is 2. The highest BCUT2D eigenvalue weighted by atomic mass is 16.5. The largest absolute Gasteiger partial charge is 0.497 e. The van der Waals surface area contributed by atoms with Crippen LogP contribution in [0.4, 0.5) is 0 Å². The van der Waals surface area contributed by atoms with E-state index in [0.717, 1.165) is 55.2 Å². The van der Waals surface area contributed by atoms with E-state index in [1.165, 1.54) is 18.4 Å². The van der Waals surface area contributed by atoms with Gasteiger partial charge in [0, 0.05) is 45.2 Å². The molecule has 0 atom stereocenters. The van der Waals surface area contributed by atoms with Crippen molar-refractivity contribution < 1.29 is 9.53 Å². The molecule has 1 amide bonds. The van der Waals surface area contributed by atoms with Gasteiger partial charge in [-0.25, -0.2) is 0 Å². The molecule has 6 heteroatoms. The van der Waals surface area contributed by atoms with Crippen molar-refractivity contribution in [2.45, 2.75) is 37.5 Å². The zero-order chi connectivity index (χ0) is 23.0. The molecule has 1 fully saturated rings. The van der Waals surface area contributed by atoms with Crippen LogP contribution >= 0.6 is 0 Å². The number of rotatable bonds is 8. The van der Waals surface area contributed by atoms with Gasteiger partial charge >= 0.3 is 0 Å². The van der Waals surface area contributed by atoms with Gasteiger partial charge in [-0.3, -0.25) is 9.79 Å². The number of amides is 1. The highest BCUT2D eigenvalue weighted by Crippen LogP contribution is 2.41. The number of ether oxygens (including phenoxy) is 1. The summed E-state index contributed by atoms with van der Waals surface area (Å²) in [5.74, 6) is 1.74. The summed E-state index contributed by atoms with van der Waals surface area (Å²) in [6.07, 6.45) is 5.63. The van der Waals surface area contributed by atoms with Crippen LogP contribution in [0.2, 0.25) is 0 Å². The van der Waals surface area contributed by atoms with Crippen LogP contribution in [0.5, 0.6) is 5.75 Å². The lowest BCUT2D eigenvalue weighted by atomic mass is 9.78. The Morgan fingerprint density at radius 3 is 2.53 bits per heavy atom. The summed E-state index contributed by atoms with van der Waals surface area (Å²) < 4.78 is 5.46. The second-order valence-electron chi connectivity index (χ2n) is 8.72. The van der Waals surface area contributed by atoms with Crippen LogP contribution in [0.3, 0.4) is 0 Å². The van der Waals surface area contributed by atoms with E-state index in [0.29, 0.717) is 0 Å². The first-order valence-electron chi connectivity index (χ1n) is 11.4. The number of carbonyl (C=O) groups is 1. The summed E-state index contributed by atoms with van der Waals surface area (Å²) in [7, 11) is 7.07. The fourth-order valence-electron chi connectivity index (χ4n) is 4.49. The lowest BCUT2D eigenvalue weighted by Gasteiger charge is -2.31. The Bertz CT molecular complexity index is 933. The molecule has 0 aliphatic heterocycles. The van der Waals surface area contributed by atoms with Crippen molar-refractivity contribution >= 4 is 11.9 Å². The normalized spacial score (nSPS) is 15.3. The van der Waals surface area contributed by atoms with Crippen molar-refractivity contribution in [3.8, 4) is 5.75 Å². The predicted molar refractivity (Wildman–Crippen MR) is 131 cm³/mol. The average molecular weight is 437 g/mol. The molecule has 1 aliphatic carbocycles. The third-order valence-electron chi connectivity index (χ3n) is 6.35. The summed E-state index contributed by atoms with van der Waals surface area (Å²) in [6.45, 7) is 1.58. The van der Waals surface area contributed by atoms with Gasteiger partial charge in [0.05, 0.1) is 7.11 Å². The van der Waals surface area contributed by atoms with Gasteiger partial charge in [-0.1, -0.05) is 37.1 Å². The van der Waals surface area contributed by atoms with Gasteiger partial charge in [-0.2, -0.15) is 0 Å². The zero-order valence-electron chi connectivity index (χ0n) is 19.8. The monoisotopic (exact) mass is 436 g/mol. The molecule has 0 heterocycles. The molecular formula is C26H36N4O2. The highest BCUT2D eigenvalue weighted by molar-refractivity contribution is 5.94. The van der Waals surface area contributed by atoms with Gasteiger partial charge < -0.3 is 20.3 Å². The first kappa shape index (κ1) is 23.6. The molecule has 0 aromatic heterocycles. The van der Waals surface area contributed by atoms with E-state index in [-0.39, 0.29) is 11.3 Å². The molecule has 0 unspecified atom stereocenters. The number of benzene rings is 2. The molecule has 0 radical (unpaired) electrons. The fourth-order valence-corrected chi connectivity index (χ4v) is 4.49. The van der Waals surface area contributed by atoms with Crippen molar-refractivity contribution in [3.63, 3.8) is 0 Å². The molecule has 0 bridgehead atoms. The molecule has 0 spiro atoms. The summed E-state index contributed by atoms with van der Waals surface area (Å²) >= 11 is 0. The van der Waals surface area contributed by atoms with Crippen LogP contribution in [0, 0.1) is 0 Å². The third kappa shape index (κ3) is 5.81. The van der Waals surface area contributed by atoms with Crippen LogP contribution in [-0.2, 0) is 11.8 Å². The van der Waals surface area contributed by atoms with Gasteiger partial charge in [-0.05, 0) is 54.7 Å². The Labute approximate surface area is 192 Å². The Kier molecular flexibility index (Phi) is 8.14. The summed E-state index contributed by atoms with van der Waals surface area (Å²) in [5.41, 5.74) is 3.29. The Morgan fingerprint density at radius 1 is 1.09 bits per heavy atom. The van der Waals surface area contributed by atoms with Crippen molar-refractivity contribution in [3.05, 3.63) is 65.2 Å². The SMILES string of the molecule is CN=C(NCCc1cccc(C(=O)N(C)C)c1)NCC1(c2cccc(OC)c2)CCCC1. The van der Waals surface area contributed by atoms with Gasteiger partial charge in [0.25, 0.3) is 5.91 Å². The predicted octanol–water partition coefficient (Wildman–Crippen LogP) is 3.62. The number of hydrogen-bond donors (Lipinski definition) is 2. The molecule has 6 nitrogen and oxygen atoms in total. The van der Waals surface area contributed by atoms with Crippen LogP contribution in [-0.4, -0.2) is 58.1 Å². The Balaban J connectivity index is 1.57. The minimum absolute atomic E-state index is 0.0247. The topological polar surface area (TPSA) is 66.0 Å². The maximum absolute atomic E-state index is 12.2. The summed E-state index contributed by atoms with van der Waals surface area (Å²) in [6, 6.07) is 16.3.